The van der Waals surface area contributed by atoms with Gasteiger partial charge in [-0.1, -0.05) is 11.8 Å². The number of carbonyl (C=O) groups excluding carboxylic acids is 1. The summed E-state index contributed by atoms with van der Waals surface area (Å²) in [5, 5.41) is 19.2. The van der Waals surface area contributed by atoms with Crippen molar-refractivity contribution in [2.75, 3.05) is 18.1 Å². The zero-order valence-electron chi connectivity index (χ0n) is 20.7. The van der Waals surface area contributed by atoms with Crippen LogP contribution in [-0.2, 0) is 39.6 Å². The fourth-order valence-electron chi connectivity index (χ4n) is 3.16. The topological polar surface area (TPSA) is 246 Å². The molecule has 0 radical (unpaired) electrons. The number of carbonyl (C=O) groups is 1. The molecule has 0 aliphatic heterocycles. The van der Waals surface area contributed by atoms with Crippen LogP contribution in [0.1, 0.15) is 6.92 Å². The molecule has 0 aromatic heterocycles. The van der Waals surface area contributed by atoms with Gasteiger partial charge in [0.25, 0.3) is 10.1 Å². The van der Waals surface area contributed by atoms with Gasteiger partial charge in [0, 0.05) is 6.92 Å². The van der Waals surface area contributed by atoms with Crippen molar-refractivity contribution in [3.05, 3.63) is 42.5 Å². The van der Waals surface area contributed by atoms with E-state index in [0.29, 0.717) is 12.1 Å². The third-order valence-electron chi connectivity index (χ3n) is 4.84. The van der Waals surface area contributed by atoms with E-state index in [1.54, 1.807) is 0 Å². The van der Waals surface area contributed by atoms with Crippen LogP contribution < -0.4 is 70.0 Å². The number of hydrogen-bond donors (Lipinski definition) is 2. The first-order valence-corrected chi connectivity index (χ1v) is 14.4. The average Bonchev–Trinajstić information content (AvgIpc) is 2.76. The summed E-state index contributed by atoms with van der Waals surface area (Å²) in [6.07, 6.45) is 0. The van der Waals surface area contributed by atoms with Crippen LogP contribution in [0, 0.1) is 0 Å². The van der Waals surface area contributed by atoms with Crippen LogP contribution >= 0.6 is 0 Å². The second-order valence-electron chi connectivity index (χ2n) is 7.44. The summed E-state index contributed by atoms with van der Waals surface area (Å²) in [6, 6.07) is 6.73. The van der Waals surface area contributed by atoms with Crippen molar-refractivity contribution in [3.63, 3.8) is 0 Å². The zero-order chi connectivity index (χ0) is 27.8. The molecular formula is C20H17N3Na2O11S3. The standard InChI is InChI=1S/C20H19N3O11S3.2Na/c1-11(24)34-6-7-35(26,27)14-4-2-13(3-5-14)22-23-20-17(37(31,32)33)9-12-8-15(36(28,29)30)10-16(25)18(12)19(20)21;;/h2-5,8-10,25H,6-7,21H2,1H3,(H,28,29,30)(H,31,32,33);;/q;2*+1/p-2. The summed E-state index contributed by atoms with van der Waals surface area (Å²) >= 11 is 0. The number of sulfone groups is 1. The van der Waals surface area contributed by atoms with Gasteiger partial charge >= 0.3 is 65.1 Å². The number of nitrogens with zero attached hydrogens (tertiary/aromatic N) is 2. The summed E-state index contributed by atoms with van der Waals surface area (Å²) in [5.74, 6) is -2.12. The number of hydrogen-bond acceptors (Lipinski definition) is 13. The normalized spacial score (nSPS) is 12.1. The van der Waals surface area contributed by atoms with Crippen LogP contribution in [-0.4, -0.2) is 52.7 Å². The fraction of sp³-hybridized carbons (Fsp3) is 0.150. The van der Waals surface area contributed by atoms with E-state index >= 15 is 0 Å². The van der Waals surface area contributed by atoms with Crippen molar-refractivity contribution < 1.29 is 108 Å². The molecule has 198 valence electrons. The maximum absolute atomic E-state index is 12.4. The maximum atomic E-state index is 12.4. The number of nitrogens with two attached hydrogens (primary N) is 1. The molecular weight excluding hydrogens is 600 g/mol. The molecule has 3 aromatic rings. The monoisotopic (exact) mass is 617 g/mol. The van der Waals surface area contributed by atoms with Crippen LogP contribution in [0.4, 0.5) is 17.1 Å². The summed E-state index contributed by atoms with van der Waals surface area (Å²) in [4.78, 5) is 8.82. The Bertz CT molecular complexity index is 1760. The quantitative estimate of drug-likeness (QED) is 0.0797. The Balaban J connectivity index is 0.00000380. The van der Waals surface area contributed by atoms with Crippen LogP contribution in [0.5, 0.6) is 5.75 Å². The average molecular weight is 618 g/mol. The first-order valence-electron chi connectivity index (χ1n) is 9.89. The maximum Gasteiger partial charge on any atom is 1.00 e. The Morgan fingerprint density at radius 3 is 2.08 bits per heavy atom. The van der Waals surface area contributed by atoms with Gasteiger partial charge in [-0.15, -0.1) is 5.11 Å². The molecule has 0 fully saturated rings. The summed E-state index contributed by atoms with van der Waals surface area (Å²) < 4.78 is 96.7. The predicted octanol–water partition coefficient (Wildman–Crippen LogP) is -4.59. The fourth-order valence-corrected chi connectivity index (χ4v) is 5.44. The molecule has 0 atom stereocenters. The number of rotatable bonds is 8. The number of esters is 1. The summed E-state index contributed by atoms with van der Waals surface area (Å²) in [6.45, 7) is 0.789. The van der Waals surface area contributed by atoms with Crippen molar-refractivity contribution in [1.29, 1.82) is 0 Å². The Hall–Kier alpha value is -1.64. The van der Waals surface area contributed by atoms with Gasteiger partial charge in [-0.2, -0.15) is 13.5 Å². The first-order chi connectivity index (χ1) is 17.0. The number of fused-ring (bicyclic) bond motifs is 1. The molecule has 0 aliphatic rings. The minimum Gasteiger partial charge on any atom is -0.872 e. The number of ether oxygens (including phenoxy) is 1. The molecule has 0 bridgehead atoms. The number of azo groups is 1. The summed E-state index contributed by atoms with van der Waals surface area (Å²) in [5.41, 5.74) is 4.72. The molecule has 0 heterocycles. The van der Waals surface area contributed by atoms with Gasteiger partial charge in [0.1, 0.15) is 27.3 Å². The van der Waals surface area contributed by atoms with E-state index in [1.807, 2.05) is 0 Å². The molecule has 3 rings (SSSR count). The molecule has 39 heavy (non-hydrogen) atoms. The van der Waals surface area contributed by atoms with Gasteiger partial charge in [-0.05, 0) is 47.2 Å². The Morgan fingerprint density at radius 2 is 1.56 bits per heavy atom. The SMILES string of the molecule is CC(=O)OCCS(=O)(=O)c1ccc(N=Nc2c(S(=O)(=O)O)cc3cc(S(=O)(=O)[O-])cc([O-])c3c2N)cc1.[Na+].[Na+]. The molecule has 14 nitrogen and oxygen atoms in total. The number of benzene rings is 3. The first kappa shape index (κ1) is 35.4. The predicted molar refractivity (Wildman–Crippen MR) is 125 cm³/mol. The molecule has 19 heteroatoms. The van der Waals surface area contributed by atoms with Gasteiger partial charge in [0.2, 0.25) is 0 Å². The Labute approximate surface area is 267 Å². The van der Waals surface area contributed by atoms with Gasteiger partial charge in [0.15, 0.2) is 9.84 Å². The molecule has 0 aliphatic carbocycles. The molecule has 0 amide bonds. The van der Waals surface area contributed by atoms with Crippen LogP contribution in [0.2, 0.25) is 0 Å². The van der Waals surface area contributed by atoms with Gasteiger partial charge in [0.05, 0.1) is 26.9 Å². The molecule has 0 saturated carbocycles. The van der Waals surface area contributed by atoms with E-state index in [4.69, 9.17) is 5.73 Å². The van der Waals surface area contributed by atoms with Crippen LogP contribution in [0.25, 0.3) is 10.8 Å². The molecule has 0 spiro atoms. The zero-order valence-corrected chi connectivity index (χ0v) is 27.1. The third kappa shape index (κ3) is 8.67. The van der Waals surface area contributed by atoms with Crippen LogP contribution in [0.3, 0.4) is 0 Å². The molecule has 0 unspecified atom stereocenters. The van der Waals surface area contributed by atoms with Gasteiger partial charge in [-0.3, -0.25) is 9.35 Å². The van der Waals surface area contributed by atoms with Gasteiger partial charge < -0.3 is 20.1 Å². The minimum atomic E-state index is -5.07. The molecule has 3 aromatic carbocycles. The van der Waals surface area contributed by atoms with Crippen LogP contribution in [0.15, 0.2) is 67.4 Å². The van der Waals surface area contributed by atoms with E-state index in [9.17, 15) is 44.3 Å². The number of nitrogen functional groups attached to an aromatic ring is 1. The molecule has 3 N–H and O–H groups in total. The minimum absolute atomic E-state index is 0. The van der Waals surface area contributed by atoms with Crippen molar-refractivity contribution in [1.82, 2.24) is 0 Å². The Morgan fingerprint density at radius 1 is 0.974 bits per heavy atom. The Kier molecular flexibility index (Phi) is 12.1. The van der Waals surface area contributed by atoms with E-state index in [-0.39, 0.29) is 87.1 Å². The second-order valence-corrected chi connectivity index (χ2v) is 12.3. The van der Waals surface area contributed by atoms with E-state index < -0.39 is 68.7 Å². The molecule has 0 saturated heterocycles. The van der Waals surface area contributed by atoms with Crippen molar-refractivity contribution in [2.24, 2.45) is 10.2 Å². The van der Waals surface area contributed by atoms with Gasteiger partial charge in [-0.25, -0.2) is 16.8 Å². The third-order valence-corrected chi connectivity index (χ3v) is 8.21. The smallest absolute Gasteiger partial charge is 0.872 e. The summed E-state index contributed by atoms with van der Waals surface area (Å²) in [7, 11) is -13.9. The van der Waals surface area contributed by atoms with Crippen molar-refractivity contribution >= 4 is 63.9 Å². The van der Waals surface area contributed by atoms with E-state index in [0.717, 1.165) is 13.0 Å². The number of anilines is 1. The van der Waals surface area contributed by atoms with E-state index in [1.165, 1.54) is 24.3 Å². The van der Waals surface area contributed by atoms with E-state index in [2.05, 4.69) is 15.0 Å². The second kappa shape index (κ2) is 13.3. The van der Waals surface area contributed by atoms with Crippen molar-refractivity contribution in [3.8, 4) is 5.75 Å². The largest absolute Gasteiger partial charge is 1.00 e. The van der Waals surface area contributed by atoms with Crippen molar-refractivity contribution in [2.45, 2.75) is 21.6 Å².